The molecule has 0 N–H and O–H groups in total. The van der Waals surface area contributed by atoms with Crippen LogP contribution >= 0.6 is 11.8 Å². The Morgan fingerprint density at radius 3 is 2.60 bits per heavy atom. The maximum atomic E-state index is 12.1. The number of ether oxygens (including phenoxy) is 1. The van der Waals surface area contributed by atoms with E-state index in [9.17, 15) is 9.59 Å². The minimum absolute atomic E-state index is 0.136. The summed E-state index contributed by atoms with van der Waals surface area (Å²) in [6, 6.07) is 0. The quantitative estimate of drug-likeness (QED) is 0.554. The van der Waals surface area contributed by atoms with E-state index in [-0.39, 0.29) is 6.54 Å². The van der Waals surface area contributed by atoms with E-state index in [4.69, 9.17) is 9.15 Å². The third-order valence-corrected chi connectivity index (χ3v) is 3.78. The van der Waals surface area contributed by atoms with Crippen LogP contribution in [-0.4, -0.2) is 36.5 Å². The summed E-state index contributed by atoms with van der Waals surface area (Å²) in [5.41, 5.74) is -0.722. The highest BCUT2D eigenvalue weighted by Gasteiger charge is 2.19. The fourth-order valence-electron chi connectivity index (χ4n) is 1.89. The first-order valence-electron chi connectivity index (χ1n) is 7.79. The molecule has 0 atom stereocenters. The smallest absolute Gasteiger partial charge is 0.328 e. The van der Waals surface area contributed by atoms with Crippen molar-refractivity contribution in [2.24, 2.45) is 0 Å². The zero-order valence-corrected chi connectivity index (χ0v) is 15.7. The molecule has 0 bridgehead atoms. The standard InChI is InChI=1S/C15H21N5O4S/c1-6-10-13(22)16-14(25-8-11-18-17-9(2)23-11)20(19-10)7-12(21)24-15(3,4)5/h6-8H2,1-5H3. The van der Waals surface area contributed by atoms with Gasteiger partial charge in [-0.15, -0.1) is 10.2 Å². The summed E-state index contributed by atoms with van der Waals surface area (Å²) in [6.07, 6.45) is 0.425. The molecule has 0 saturated heterocycles. The van der Waals surface area contributed by atoms with Gasteiger partial charge in [-0.3, -0.25) is 9.59 Å². The number of aromatic nitrogens is 5. The Hall–Kier alpha value is -2.23. The second-order valence-electron chi connectivity index (χ2n) is 6.25. The predicted octanol–water partition coefficient (Wildman–Crippen LogP) is 1.53. The summed E-state index contributed by atoms with van der Waals surface area (Å²) in [5, 5.41) is 12.2. The van der Waals surface area contributed by atoms with Crippen molar-refractivity contribution in [3.63, 3.8) is 0 Å². The van der Waals surface area contributed by atoms with Crippen molar-refractivity contribution in [3.05, 3.63) is 27.8 Å². The zero-order chi connectivity index (χ0) is 18.6. The summed E-state index contributed by atoms with van der Waals surface area (Å²) >= 11 is 1.19. The average Bonchev–Trinajstić information content (AvgIpc) is 2.90. The van der Waals surface area contributed by atoms with Crippen LogP contribution in [0.5, 0.6) is 0 Å². The zero-order valence-electron chi connectivity index (χ0n) is 14.9. The number of hydrogen-bond acceptors (Lipinski definition) is 9. The third-order valence-electron chi connectivity index (χ3n) is 2.83. The largest absolute Gasteiger partial charge is 0.459 e. The monoisotopic (exact) mass is 367 g/mol. The van der Waals surface area contributed by atoms with E-state index >= 15 is 0 Å². The summed E-state index contributed by atoms with van der Waals surface area (Å²) < 4.78 is 12.0. The van der Waals surface area contributed by atoms with Crippen LogP contribution in [0.2, 0.25) is 0 Å². The van der Waals surface area contributed by atoms with Gasteiger partial charge >= 0.3 is 5.97 Å². The molecule has 0 unspecified atom stereocenters. The van der Waals surface area contributed by atoms with E-state index in [1.165, 1.54) is 16.4 Å². The van der Waals surface area contributed by atoms with E-state index in [0.717, 1.165) is 0 Å². The van der Waals surface area contributed by atoms with Gasteiger partial charge in [0.15, 0.2) is 5.16 Å². The van der Waals surface area contributed by atoms with Gasteiger partial charge in [0.2, 0.25) is 11.8 Å². The highest BCUT2D eigenvalue weighted by molar-refractivity contribution is 7.98. The summed E-state index contributed by atoms with van der Waals surface area (Å²) in [5.74, 6) is 0.714. The Balaban J connectivity index is 2.22. The van der Waals surface area contributed by atoms with Crippen molar-refractivity contribution in [2.45, 2.75) is 64.1 Å². The average molecular weight is 367 g/mol. The molecule has 0 aliphatic carbocycles. The topological polar surface area (TPSA) is 113 Å². The molecule has 25 heavy (non-hydrogen) atoms. The van der Waals surface area contributed by atoms with Gasteiger partial charge in [-0.1, -0.05) is 18.7 Å². The minimum atomic E-state index is -0.605. The van der Waals surface area contributed by atoms with E-state index in [1.54, 1.807) is 34.6 Å². The Morgan fingerprint density at radius 1 is 1.32 bits per heavy atom. The van der Waals surface area contributed by atoms with Crippen molar-refractivity contribution in [1.82, 2.24) is 25.0 Å². The SMILES string of the molecule is CCc1nn(CC(=O)OC(C)(C)C)c(SCc2nnc(C)o2)nc1=O. The van der Waals surface area contributed by atoms with Crippen molar-refractivity contribution in [3.8, 4) is 0 Å². The van der Waals surface area contributed by atoms with Gasteiger partial charge in [0, 0.05) is 6.92 Å². The van der Waals surface area contributed by atoms with Crippen LogP contribution in [0, 0.1) is 6.92 Å². The van der Waals surface area contributed by atoms with Gasteiger partial charge in [-0.05, 0) is 27.2 Å². The van der Waals surface area contributed by atoms with Gasteiger partial charge in [-0.25, -0.2) is 4.68 Å². The van der Waals surface area contributed by atoms with Crippen LogP contribution in [0.15, 0.2) is 14.4 Å². The van der Waals surface area contributed by atoms with Crippen LogP contribution in [0.1, 0.15) is 45.2 Å². The fourth-order valence-corrected chi connectivity index (χ4v) is 2.66. The molecular formula is C15H21N5O4S. The lowest BCUT2D eigenvalue weighted by molar-refractivity contribution is -0.156. The lowest BCUT2D eigenvalue weighted by Crippen LogP contribution is -2.30. The maximum absolute atomic E-state index is 12.1. The van der Waals surface area contributed by atoms with E-state index in [2.05, 4.69) is 20.3 Å². The van der Waals surface area contributed by atoms with Crippen LogP contribution in [0.4, 0.5) is 0 Å². The highest BCUT2D eigenvalue weighted by atomic mass is 32.2. The Labute approximate surface area is 149 Å². The third kappa shape index (κ3) is 5.66. The predicted molar refractivity (Wildman–Crippen MR) is 90.1 cm³/mol. The molecule has 2 aromatic heterocycles. The molecule has 0 aromatic carbocycles. The number of carbonyl (C=O) groups is 1. The number of thioether (sulfide) groups is 1. The number of hydrogen-bond donors (Lipinski definition) is 0. The number of nitrogens with zero attached hydrogens (tertiary/aromatic N) is 5. The first-order chi connectivity index (χ1) is 11.7. The fraction of sp³-hybridized carbons (Fsp3) is 0.600. The molecule has 0 saturated carbocycles. The number of aryl methyl sites for hydroxylation is 2. The molecule has 0 aliphatic rings. The Kier molecular flexibility index (Phi) is 5.93. The summed E-state index contributed by atoms with van der Waals surface area (Å²) in [4.78, 5) is 28.1. The molecule has 2 aromatic rings. The minimum Gasteiger partial charge on any atom is -0.459 e. The molecule has 0 amide bonds. The maximum Gasteiger partial charge on any atom is 0.328 e. The first kappa shape index (κ1) is 19.1. The van der Waals surface area contributed by atoms with Gasteiger partial charge in [0.05, 0.1) is 5.75 Å². The first-order valence-corrected chi connectivity index (χ1v) is 8.78. The van der Waals surface area contributed by atoms with Crippen molar-refractivity contribution in [2.75, 3.05) is 0 Å². The molecule has 10 heteroatoms. The van der Waals surface area contributed by atoms with E-state index < -0.39 is 17.1 Å². The van der Waals surface area contributed by atoms with Crippen molar-refractivity contribution in [1.29, 1.82) is 0 Å². The lowest BCUT2D eigenvalue weighted by atomic mass is 10.2. The van der Waals surface area contributed by atoms with Gasteiger partial charge in [-0.2, -0.15) is 10.1 Å². The highest BCUT2D eigenvalue weighted by Crippen LogP contribution is 2.19. The van der Waals surface area contributed by atoms with Gasteiger partial charge < -0.3 is 9.15 Å². The second-order valence-corrected chi connectivity index (χ2v) is 7.19. The Morgan fingerprint density at radius 2 is 2.04 bits per heavy atom. The Bertz CT molecular complexity index is 809. The van der Waals surface area contributed by atoms with Crippen molar-refractivity contribution < 1.29 is 13.9 Å². The molecule has 2 heterocycles. The van der Waals surface area contributed by atoms with Gasteiger partial charge in [0.1, 0.15) is 17.8 Å². The van der Waals surface area contributed by atoms with Gasteiger partial charge in [0.25, 0.3) is 5.56 Å². The summed E-state index contributed by atoms with van der Waals surface area (Å²) in [6.45, 7) is 8.71. The molecule has 0 spiro atoms. The number of esters is 1. The number of rotatable bonds is 6. The van der Waals surface area contributed by atoms with E-state index in [0.29, 0.717) is 34.8 Å². The van der Waals surface area contributed by atoms with Crippen LogP contribution < -0.4 is 5.56 Å². The molecule has 0 radical (unpaired) electrons. The summed E-state index contributed by atoms with van der Waals surface area (Å²) in [7, 11) is 0. The van der Waals surface area contributed by atoms with Crippen LogP contribution in [0.25, 0.3) is 0 Å². The molecule has 0 fully saturated rings. The second kappa shape index (κ2) is 7.77. The molecule has 2 rings (SSSR count). The van der Waals surface area contributed by atoms with Crippen molar-refractivity contribution >= 4 is 17.7 Å². The number of carbonyl (C=O) groups excluding carboxylic acids is 1. The molecular weight excluding hydrogens is 346 g/mol. The molecule has 136 valence electrons. The lowest BCUT2D eigenvalue weighted by Gasteiger charge is -2.20. The molecule has 9 nitrogen and oxygen atoms in total. The normalized spacial score (nSPS) is 11.6. The van der Waals surface area contributed by atoms with Crippen LogP contribution in [0.3, 0.4) is 0 Å². The molecule has 0 aliphatic heterocycles. The van der Waals surface area contributed by atoms with E-state index in [1.807, 2.05) is 0 Å². The van der Waals surface area contributed by atoms with Crippen LogP contribution in [-0.2, 0) is 28.2 Å².